The summed E-state index contributed by atoms with van der Waals surface area (Å²) in [6.45, 7) is 13.1. The molecular formula is C15H28OSi. The van der Waals surface area contributed by atoms with E-state index in [9.17, 15) is 0 Å². The monoisotopic (exact) mass is 252 g/mol. The molecule has 0 bridgehead atoms. The molecule has 0 saturated heterocycles. The van der Waals surface area contributed by atoms with Crippen molar-refractivity contribution in [3.05, 3.63) is 12.3 Å². The van der Waals surface area contributed by atoms with E-state index >= 15 is 0 Å². The third-order valence-corrected chi connectivity index (χ3v) is 5.13. The predicted molar refractivity (Wildman–Crippen MR) is 76.2 cm³/mol. The third kappa shape index (κ3) is 4.59. The van der Waals surface area contributed by atoms with Crippen LogP contribution in [-0.2, 0) is 4.74 Å². The second-order valence-electron chi connectivity index (χ2n) is 5.77. The van der Waals surface area contributed by atoms with E-state index in [1.165, 1.54) is 19.3 Å². The van der Waals surface area contributed by atoms with Crippen LogP contribution in [0.25, 0.3) is 0 Å². The lowest BCUT2D eigenvalue weighted by Crippen LogP contribution is -2.38. The van der Waals surface area contributed by atoms with E-state index in [0.29, 0.717) is 11.8 Å². The van der Waals surface area contributed by atoms with Gasteiger partial charge in [0.05, 0.1) is 6.10 Å². The molecule has 0 aromatic carbocycles. The summed E-state index contributed by atoms with van der Waals surface area (Å²) in [5.41, 5.74) is 2.43. The molecule has 4 atom stereocenters. The van der Waals surface area contributed by atoms with Gasteiger partial charge in [-0.3, -0.25) is 0 Å². The van der Waals surface area contributed by atoms with Gasteiger partial charge in [0.2, 0.25) is 0 Å². The molecule has 1 aliphatic carbocycles. The van der Waals surface area contributed by atoms with Crippen molar-refractivity contribution < 1.29 is 4.74 Å². The van der Waals surface area contributed by atoms with Gasteiger partial charge in [-0.05, 0) is 37.0 Å². The van der Waals surface area contributed by atoms with Crippen LogP contribution in [0.2, 0.25) is 0 Å². The molecule has 0 aromatic heterocycles. The fraction of sp³-hybridized carbons (Fsp3) is 0.867. The Hall–Kier alpha value is -0.0831. The van der Waals surface area contributed by atoms with Crippen LogP contribution < -0.4 is 0 Å². The van der Waals surface area contributed by atoms with Gasteiger partial charge in [0, 0.05) is 5.73 Å². The second-order valence-corrected chi connectivity index (χ2v) is 7.15. The summed E-state index contributed by atoms with van der Waals surface area (Å²) in [6.07, 6.45) is 5.57. The van der Waals surface area contributed by atoms with Gasteiger partial charge >= 0.3 is 0 Å². The molecule has 0 amide bonds. The van der Waals surface area contributed by atoms with Gasteiger partial charge < -0.3 is 4.74 Å². The maximum atomic E-state index is 6.37. The lowest BCUT2D eigenvalue weighted by Gasteiger charge is -2.39. The molecule has 4 unspecified atom stereocenters. The van der Waals surface area contributed by atoms with Crippen LogP contribution >= 0.6 is 0 Å². The molecule has 2 radical (unpaired) electrons. The lowest BCUT2D eigenvalue weighted by atomic mass is 9.75. The number of rotatable bonds is 6. The Morgan fingerprint density at radius 3 is 2.65 bits per heavy atom. The fourth-order valence-electron chi connectivity index (χ4n) is 2.87. The minimum absolute atomic E-state index is 0.407. The Labute approximate surface area is 110 Å². The van der Waals surface area contributed by atoms with E-state index in [0.717, 1.165) is 33.7 Å². The van der Waals surface area contributed by atoms with Crippen molar-refractivity contribution in [3.8, 4) is 0 Å². The molecule has 1 aliphatic rings. The van der Waals surface area contributed by atoms with Gasteiger partial charge in [-0.1, -0.05) is 34.1 Å². The lowest BCUT2D eigenvalue weighted by molar-refractivity contribution is -0.0542. The molecule has 17 heavy (non-hydrogen) atoms. The molecule has 0 aromatic rings. The van der Waals surface area contributed by atoms with Gasteiger partial charge in [0.15, 0.2) is 0 Å². The predicted octanol–water partition coefficient (Wildman–Crippen LogP) is 4.05. The van der Waals surface area contributed by atoms with Crippen molar-refractivity contribution in [1.29, 1.82) is 0 Å². The topological polar surface area (TPSA) is 9.23 Å². The van der Waals surface area contributed by atoms with E-state index in [-0.39, 0.29) is 0 Å². The van der Waals surface area contributed by atoms with Crippen LogP contribution in [0.15, 0.2) is 12.3 Å². The Kier molecular flexibility index (Phi) is 6.50. The van der Waals surface area contributed by atoms with E-state index in [2.05, 4.69) is 34.3 Å². The maximum absolute atomic E-state index is 6.37. The normalized spacial score (nSPS) is 31.5. The number of hydrogen-bond donors (Lipinski definition) is 0. The molecule has 1 saturated carbocycles. The highest BCUT2D eigenvalue weighted by Crippen LogP contribution is 2.35. The highest BCUT2D eigenvalue weighted by atomic mass is 28.2. The molecule has 98 valence electrons. The summed E-state index contributed by atoms with van der Waals surface area (Å²) >= 11 is 0. The summed E-state index contributed by atoms with van der Waals surface area (Å²) in [7, 11) is 0.747. The van der Waals surface area contributed by atoms with Crippen LogP contribution in [0.3, 0.4) is 0 Å². The Morgan fingerprint density at radius 1 is 1.41 bits per heavy atom. The van der Waals surface area contributed by atoms with Crippen LogP contribution in [0.4, 0.5) is 0 Å². The zero-order valence-electron chi connectivity index (χ0n) is 11.9. The van der Waals surface area contributed by atoms with Gasteiger partial charge in [0.25, 0.3) is 0 Å². The van der Waals surface area contributed by atoms with Crippen LogP contribution in [0.1, 0.15) is 53.4 Å². The van der Waals surface area contributed by atoms with Crippen molar-refractivity contribution in [3.63, 3.8) is 0 Å². The summed E-state index contributed by atoms with van der Waals surface area (Å²) in [6, 6.07) is 0. The van der Waals surface area contributed by atoms with Crippen LogP contribution in [-0.4, -0.2) is 21.4 Å². The molecule has 1 rings (SSSR count). The van der Waals surface area contributed by atoms with E-state index < -0.39 is 0 Å². The molecule has 2 heteroatoms. The molecule has 0 aliphatic heterocycles. The number of ether oxygens (including phenoxy) is 1. The smallest absolute Gasteiger partial charge is 0.108 e. The highest BCUT2D eigenvalue weighted by Gasteiger charge is 2.32. The Morgan fingerprint density at radius 2 is 2.12 bits per heavy atom. The van der Waals surface area contributed by atoms with E-state index in [1.54, 1.807) is 0 Å². The summed E-state index contributed by atoms with van der Waals surface area (Å²) in [5.74, 6) is 2.34. The molecule has 0 spiro atoms. The Balaban J connectivity index is 2.58. The Bertz CT molecular complexity index is 227. The zero-order chi connectivity index (χ0) is 12.8. The first-order valence-electron chi connectivity index (χ1n) is 7.10. The average Bonchev–Trinajstić information content (AvgIpc) is 2.28. The first kappa shape index (κ1) is 15.0. The first-order valence-corrected chi connectivity index (χ1v) is 8.26. The second kappa shape index (κ2) is 7.37. The number of hydrogen-bond acceptors (Lipinski definition) is 1. The minimum atomic E-state index is 0.407. The van der Waals surface area contributed by atoms with Crippen molar-refractivity contribution in [1.82, 2.24) is 0 Å². The zero-order valence-corrected chi connectivity index (χ0v) is 12.9. The summed E-state index contributed by atoms with van der Waals surface area (Å²) < 4.78 is 6.37. The highest BCUT2D eigenvalue weighted by molar-refractivity contribution is 6.43. The molecule has 1 nitrogen and oxygen atoms in total. The van der Waals surface area contributed by atoms with Crippen molar-refractivity contribution in [2.24, 2.45) is 17.8 Å². The van der Waals surface area contributed by atoms with E-state index in [1.807, 2.05) is 5.70 Å². The SMILES string of the molecule is C=C[Si]C(CC)OC1CC(C)CCC1C(C)C. The average molecular weight is 252 g/mol. The molecular weight excluding hydrogens is 224 g/mol. The van der Waals surface area contributed by atoms with E-state index in [4.69, 9.17) is 4.74 Å². The third-order valence-electron chi connectivity index (χ3n) is 3.97. The molecule has 0 heterocycles. The van der Waals surface area contributed by atoms with Crippen LogP contribution in [0, 0.1) is 17.8 Å². The minimum Gasteiger partial charge on any atom is -0.378 e. The standard InChI is InChI=1S/C15H28OSi/c1-6-15(17-7-2)16-14-10-12(5)8-9-13(14)11(3)4/h7,11-15H,2,6,8-10H2,1,3-5H3. The van der Waals surface area contributed by atoms with Gasteiger partial charge in [-0.15, -0.1) is 12.3 Å². The largest absolute Gasteiger partial charge is 0.378 e. The molecule has 0 N–H and O–H groups in total. The first-order chi connectivity index (χ1) is 8.08. The van der Waals surface area contributed by atoms with Gasteiger partial charge in [0.1, 0.15) is 9.52 Å². The van der Waals surface area contributed by atoms with Crippen molar-refractivity contribution in [2.75, 3.05) is 0 Å². The van der Waals surface area contributed by atoms with Crippen molar-refractivity contribution in [2.45, 2.75) is 65.2 Å². The van der Waals surface area contributed by atoms with Crippen molar-refractivity contribution >= 4 is 9.52 Å². The molecule has 1 fully saturated rings. The summed E-state index contributed by atoms with van der Waals surface area (Å²) in [5, 5.41) is 0. The fourth-order valence-corrected chi connectivity index (χ4v) is 3.62. The van der Waals surface area contributed by atoms with Gasteiger partial charge in [-0.25, -0.2) is 0 Å². The quantitative estimate of drug-likeness (QED) is 0.648. The van der Waals surface area contributed by atoms with Gasteiger partial charge in [-0.2, -0.15) is 0 Å². The maximum Gasteiger partial charge on any atom is 0.108 e. The summed E-state index contributed by atoms with van der Waals surface area (Å²) in [4.78, 5) is 0. The van der Waals surface area contributed by atoms with Crippen LogP contribution in [0.5, 0.6) is 0 Å².